The molecule has 0 fully saturated rings. The highest BCUT2D eigenvalue weighted by Gasteiger charge is 2.23. The van der Waals surface area contributed by atoms with E-state index in [1.807, 2.05) is 38.1 Å². The van der Waals surface area contributed by atoms with Gasteiger partial charge in [-0.3, -0.25) is 9.69 Å². The number of methoxy groups -OCH3 is 1. The molecule has 3 rings (SSSR count). The normalized spacial score (nSPS) is 11.5. The third-order valence-electron chi connectivity index (χ3n) is 5.41. The Morgan fingerprint density at radius 3 is 2.40 bits per heavy atom. The SMILES string of the molecule is COc1ccc(C)c2sc(N(CCCN(C)C)C(=O)CCCS(=O)(=O)c3ccc(F)cc3)nc12.Cl. The Kier molecular flexibility index (Phi) is 10.4. The monoisotopic (exact) mass is 543 g/mol. The fourth-order valence-electron chi connectivity index (χ4n) is 3.56. The maximum Gasteiger partial charge on any atom is 0.228 e. The van der Waals surface area contributed by atoms with Crippen LogP contribution in [0.2, 0.25) is 0 Å². The van der Waals surface area contributed by atoms with E-state index >= 15 is 0 Å². The number of sulfone groups is 1. The summed E-state index contributed by atoms with van der Waals surface area (Å²) in [5, 5.41) is 0.577. The van der Waals surface area contributed by atoms with E-state index < -0.39 is 15.7 Å². The number of hydrogen-bond donors (Lipinski definition) is 0. The van der Waals surface area contributed by atoms with Gasteiger partial charge < -0.3 is 9.64 Å². The summed E-state index contributed by atoms with van der Waals surface area (Å²) in [4.78, 5) is 21.7. The maximum atomic E-state index is 13.2. The minimum atomic E-state index is -3.60. The van der Waals surface area contributed by atoms with E-state index in [1.54, 1.807) is 12.0 Å². The summed E-state index contributed by atoms with van der Waals surface area (Å²) >= 11 is 1.43. The lowest BCUT2D eigenvalue weighted by Gasteiger charge is -2.21. The molecule has 0 unspecified atom stereocenters. The summed E-state index contributed by atoms with van der Waals surface area (Å²) in [6.45, 7) is 3.27. The molecular weight excluding hydrogens is 513 g/mol. The van der Waals surface area contributed by atoms with Gasteiger partial charge in [-0.15, -0.1) is 12.4 Å². The molecule has 0 N–H and O–H groups in total. The highest BCUT2D eigenvalue weighted by Crippen LogP contribution is 2.36. The van der Waals surface area contributed by atoms with Gasteiger partial charge in [-0.25, -0.2) is 17.8 Å². The number of ether oxygens (including phenoxy) is 1. The number of aromatic nitrogens is 1. The van der Waals surface area contributed by atoms with Gasteiger partial charge >= 0.3 is 0 Å². The van der Waals surface area contributed by atoms with Crippen molar-refractivity contribution in [3.63, 3.8) is 0 Å². The lowest BCUT2D eigenvalue weighted by Crippen LogP contribution is -2.33. The third kappa shape index (κ3) is 7.36. The first kappa shape index (κ1) is 29.0. The fraction of sp³-hybridized carbons (Fsp3) is 0.417. The molecule has 3 aromatic rings. The lowest BCUT2D eigenvalue weighted by molar-refractivity contribution is -0.118. The van der Waals surface area contributed by atoms with Crippen molar-refractivity contribution in [3.05, 3.63) is 47.8 Å². The number of rotatable bonds is 11. The van der Waals surface area contributed by atoms with Crippen molar-refractivity contribution in [1.29, 1.82) is 0 Å². The van der Waals surface area contributed by atoms with Crippen molar-refractivity contribution in [3.8, 4) is 5.75 Å². The number of hydrogen-bond acceptors (Lipinski definition) is 7. The second-order valence-corrected chi connectivity index (χ2v) is 11.4. The van der Waals surface area contributed by atoms with E-state index in [1.165, 1.54) is 23.5 Å². The molecule has 0 bridgehead atoms. The molecule has 0 spiro atoms. The number of nitrogens with zero attached hydrogens (tertiary/aromatic N) is 3. The van der Waals surface area contributed by atoms with Gasteiger partial charge in [0, 0.05) is 13.0 Å². The van der Waals surface area contributed by atoms with Gasteiger partial charge in [0.05, 0.1) is 22.5 Å². The van der Waals surface area contributed by atoms with Crippen molar-refractivity contribution in [1.82, 2.24) is 9.88 Å². The number of carbonyl (C=O) groups excluding carboxylic acids is 1. The molecule has 0 aliphatic carbocycles. The average Bonchev–Trinajstić information content (AvgIpc) is 3.23. The van der Waals surface area contributed by atoms with E-state index in [0.29, 0.717) is 22.9 Å². The molecule has 1 amide bonds. The highest BCUT2D eigenvalue weighted by molar-refractivity contribution is 7.91. The minimum absolute atomic E-state index is 0. The van der Waals surface area contributed by atoms with Crippen LogP contribution in [0.25, 0.3) is 10.2 Å². The number of carbonyl (C=O) groups is 1. The topological polar surface area (TPSA) is 79.8 Å². The number of thiazole rings is 1. The summed E-state index contributed by atoms with van der Waals surface area (Å²) in [5.74, 6) is -0.217. The van der Waals surface area contributed by atoms with E-state index in [9.17, 15) is 17.6 Å². The number of anilines is 1. The number of benzene rings is 2. The van der Waals surface area contributed by atoms with Crippen LogP contribution in [0.1, 0.15) is 24.8 Å². The Morgan fingerprint density at radius 1 is 1.09 bits per heavy atom. The number of aryl methyl sites for hydroxylation is 1. The van der Waals surface area contributed by atoms with Gasteiger partial charge in [0.25, 0.3) is 0 Å². The predicted molar refractivity (Wildman–Crippen MR) is 141 cm³/mol. The summed E-state index contributed by atoms with van der Waals surface area (Å²) in [5.41, 5.74) is 1.76. The zero-order valence-corrected chi connectivity index (χ0v) is 22.7. The summed E-state index contributed by atoms with van der Waals surface area (Å²) in [7, 11) is 1.93. The molecule has 7 nitrogen and oxygen atoms in total. The molecule has 192 valence electrons. The summed E-state index contributed by atoms with van der Waals surface area (Å²) in [6.07, 6.45) is 0.975. The summed E-state index contributed by atoms with van der Waals surface area (Å²) < 4.78 is 44.6. The molecule has 0 saturated heterocycles. The van der Waals surface area contributed by atoms with Crippen molar-refractivity contribution in [2.24, 2.45) is 0 Å². The molecule has 1 aromatic heterocycles. The summed E-state index contributed by atoms with van der Waals surface area (Å²) in [6, 6.07) is 8.55. The Labute approximate surface area is 216 Å². The van der Waals surface area contributed by atoms with Crippen LogP contribution in [0.5, 0.6) is 5.75 Å². The van der Waals surface area contributed by atoms with E-state index in [4.69, 9.17) is 9.72 Å². The molecule has 0 radical (unpaired) electrons. The van der Waals surface area contributed by atoms with Gasteiger partial charge in [0.15, 0.2) is 15.0 Å². The van der Waals surface area contributed by atoms with Crippen molar-refractivity contribution in [2.45, 2.75) is 31.1 Å². The Morgan fingerprint density at radius 2 is 1.77 bits per heavy atom. The van der Waals surface area contributed by atoms with Gasteiger partial charge in [-0.2, -0.15) is 0 Å². The van der Waals surface area contributed by atoms with Crippen LogP contribution >= 0.6 is 23.7 Å². The van der Waals surface area contributed by atoms with Gasteiger partial charge in [0.2, 0.25) is 5.91 Å². The molecular formula is C24H31ClFN3O4S2. The Hall–Kier alpha value is -2.27. The van der Waals surface area contributed by atoms with Crippen LogP contribution < -0.4 is 9.64 Å². The van der Waals surface area contributed by atoms with Crippen LogP contribution in [-0.4, -0.2) is 64.3 Å². The molecule has 11 heteroatoms. The minimum Gasteiger partial charge on any atom is -0.494 e. The van der Waals surface area contributed by atoms with Crippen molar-refractivity contribution in [2.75, 3.05) is 44.9 Å². The van der Waals surface area contributed by atoms with Crippen LogP contribution in [0.15, 0.2) is 41.3 Å². The van der Waals surface area contributed by atoms with Gasteiger partial charge in [-0.05, 0) is 76.3 Å². The standard InChI is InChI=1S/C24H30FN3O4S2.ClH/c1-17-8-13-20(32-4)22-23(17)33-24(26-22)28(15-6-14-27(2)3)21(29)7-5-16-34(30,31)19-11-9-18(25)10-12-19;/h8-13H,5-7,14-16H2,1-4H3;1H. The molecule has 0 atom stereocenters. The third-order valence-corrected chi connectivity index (χ3v) is 8.44. The second kappa shape index (κ2) is 12.6. The van der Waals surface area contributed by atoms with Crippen LogP contribution in [-0.2, 0) is 14.6 Å². The fourth-order valence-corrected chi connectivity index (χ4v) is 5.96. The van der Waals surface area contributed by atoms with Crippen molar-refractivity contribution < 1.29 is 22.3 Å². The largest absolute Gasteiger partial charge is 0.494 e. The lowest BCUT2D eigenvalue weighted by atomic mass is 10.2. The van der Waals surface area contributed by atoms with E-state index in [0.717, 1.165) is 35.4 Å². The molecule has 35 heavy (non-hydrogen) atoms. The van der Waals surface area contributed by atoms with Gasteiger partial charge in [0.1, 0.15) is 17.1 Å². The number of amides is 1. The molecule has 0 saturated carbocycles. The molecule has 2 aromatic carbocycles. The maximum absolute atomic E-state index is 13.2. The van der Waals surface area contributed by atoms with Crippen LogP contribution in [0, 0.1) is 12.7 Å². The molecule has 0 aliphatic heterocycles. The first-order chi connectivity index (χ1) is 16.1. The number of fused-ring (bicyclic) bond motifs is 1. The smallest absolute Gasteiger partial charge is 0.228 e. The van der Waals surface area contributed by atoms with Crippen LogP contribution in [0.4, 0.5) is 9.52 Å². The zero-order valence-electron chi connectivity index (χ0n) is 20.3. The van der Waals surface area contributed by atoms with E-state index in [2.05, 4.69) is 0 Å². The second-order valence-electron chi connectivity index (χ2n) is 8.34. The Bertz CT molecular complexity index is 1250. The number of halogens is 2. The first-order valence-corrected chi connectivity index (χ1v) is 13.5. The van der Waals surface area contributed by atoms with Crippen LogP contribution in [0.3, 0.4) is 0 Å². The highest BCUT2D eigenvalue weighted by atomic mass is 35.5. The first-order valence-electron chi connectivity index (χ1n) is 11.0. The quantitative estimate of drug-likeness (QED) is 0.326. The molecule has 1 heterocycles. The average molecular weight is 544 g/mol. The Balaban J connectivity index is 0.00000432. The van der Waals surface area contributed by atoms with Gasteiger partial charge in [-0.1, -0.05) is 17.4 Å². The van der Waals surface area contributed by atoms with E-state index in [-0.39, 0.29) is 41.8 Å². The van der Waals surface area contributed by atoms with Crippen molar-refractivity contribution >= 4 is 54.8 Å². The zero-order chi connectivity index (χ0) is 24.9. The predicted octanol–water partition coefficient (Wildman–Crippen LogP) is 4.71. The molecule has 0 aliphatic rings.